The lowest BCUT2D eigenvalue weighted by Crippen LogP contribution is -2.09. The van der Waals surface area contributed by atoms with E-state index in [1.807, 2.05) is 36.4 Å². The fourth-order valence-corrected chi connectivity index (χ4v) is 1.82. The van der Waals surface area contributed by atoms with E-state index in [2.05, 4.69) is 12.2 Å². The van der Waals surface area contributed by atoms with Crippen LogP contribution in [0.5, 0.6) is 5.75 Å². The third-order valence-electron chi connectivity index (χ3n) is 2.73. The van der Waals surface area contributed by atoms with Gasteiger partial charge in [0.05, 0.1) is 25.1 Å². The molecule has 1 aromatic carbocycles. The average Bonchev–Trinajstić information content (AvgIpc) is 2.90. The number of rotatable bonds is 5. The van der Waals surface area contributed by atoms with Crippen molar-refractivity contribution in [3.63, 3.8) is 0 Å². The number of nitrogens with one attached hydrogen (secondary N) is 1. The van der Waals surface area contributed by atoms with Crippen molar-refractivity contribution in [3.05, 3.63) is 48.4 Å². The van der Waals surface area contributed by atoms with Crippen molar-refractivity contribution in [2.24, 2.45) is 0 Å². The maximum absolute atomic E-state index is 5.43. The van der Waals surface area contributed by atoms with Gasteiger partial charge in [0.1, 0.15) is 11.5 Å². The molecule has 2 rings (SSSR count). The Morgan fingerprint density at radius 3 is 2.71 bits per heavy atom. The maximum Gasteiger partial charge on any atom is 0.141 e. The molecule has 0 aliphatic heterocycles. The molecule has 0 saturated heterocycles. The van der Waals surface area contributed by atoms with Gasteiger partial charge in [-0.3, -0.25) is 0 Å². The largest absolute Gasteiger partial charge is 0.495 e. The van der Waals surface area contributed by atoms with E-state index in [1.54, 1.807) is 13.4 Å². The fourth-order valence-electron chi connectivity index (χ4n) is 1.82. The number of para-hydroxylation sites is 2. The highest BCUT2D eigenvalue weighted by atomic mass is 16.5. The third-order valence-corrected chi connectivity index (χ3v) is 2.73. The van der Waals surface area contributed by atoms with Gasteiger partial charge in [-0.05, 0) is 30.7 Å². The minimum absolute atomic E-state index is 0.168. The van der Waals surface area contributed by atoms with Crippen molar-refractivity contribution in [2.75, 3.05) is 12.4 Å². The van der Waals surface area contributed by atoms with E-state index < -0.39 is 0 Å². The van der Waals surface area contributed by atoms with Crippen molar-refractivity contribution in [2.45, 2.75) is 19.4 Å². The summed E-state index contributed by atoms with van der Waals surface area (Å²) < 4.78 is 10.7. The first kappa shape index (κ1) is 11.6. The third kappa shape index (κ3) is 2.61. The Bertz CT molecular complexity index is 451. The van der Waals surface area contributed by atoms with E-state index in [4.69, 9.17) is 9.15 Å². The van der Waals surface area contributed by atoms with Crippen LogP contribution in [0.1, 0.15) is 25.1 Å². The number of hydrogen-bond acceptors (Lipinski definition) is 3. The van der Waals surface area contributed by atoms with Gasteiger partial charge >= 0.3 is 0 Å². The highest BCUT2D eigenvalue weighted by Crippen LogP contribution is 2.29. The molecule has 0 fully saturated rings. The molecule has 2 aromatic rings. The lowest BCUT2D eigenvalue weighted by molar-refractivity contribution is 0.414. The highest BCUT2D eigenvalue weighted by Gasteiger charge is 2.13. The van der Waals surface area contributed by atoms with Crippen LogP contribution in [0.2, 0.25) is 0 Å². The molecular weight excluding hydrogens is 214 g/mol. The molecule has 1 atom stereocenters. The fraction of sp³-hybridized carbons (Fsp3) is 0.286. The van der Waals surface area contributed by atoms with E-state index in [-0.39, 0.29) is 6.04 Å². The van der Waals surface area contributed by atoms with Crippen LogP contribution in [0.25, 0.3) is 0 Å². The molecule has 0 bridgehead atoms. The summed E-state index contributed by atoms with van der Waals surface area (Å²) in [6, 6.07) is 11.9. The number of anilines is 1. The average molecular weight is 231 g/mol. The Balaban J connectivity index is 2.18. The van der Waals surface area contributed by atoms with Gasteiger partial charge in [0, 0.05) is 0 Å². The van der Waals surface area contributed by atoms with Crippen molar-refractivity contribution in [3.8, 4) is 5.75 Å². The van der Waals surface area contributed by atoms with Gasteiger partial charge in [-0.15, -0.1) is 0 Å². The molecule has 0 aliphatic rings. The lowest BCUT2D eigenvalue weighted by Gasteiger charge is -2.18. The van der Waals surface area contributed by atoms with Crippen LogP contribution in [0.15, 0.2) is 47.1 Å². The minimum Gasteiger partial charge on any atom is -0.495 e. The Morgan fingerprint density at radius 1 is 1.24 bits per heavy atom. The summed E-state index contributed by atoms with van der Waals surface area (Å²) in [4.78, 5) is 0. The molecule has 1 aromatic heterocycles. The molecule has 1 heterocycles. The first-order valence-electron chi connectivity index (χ1n) is 5.78. The summed E-state index contributed by atoms with van der Waals surface area (Å²) in [6.07, 6.45) is 2.65. The van der Waals surface area contributed by atoms with Crippen molar-refractivity contribution < 1.29 is 9.15 Å². The molecule has 3 nitrogen and oxygen atoms in total. The maximum atomic E-state index is 5.43. The van der Waals surface area contributed by atoms with E-state index in [9.17, 15) is 0 Å². The zero-order chi connectivity index (χ0) is 12.1. The Hall–Kier alpha value is -1.90. The predicted octanol–water partition coefficient (Wildman–Crippen LogP) is 3.85. The molecule has 0 unspecified atom stereocenters. The van der Waals surface area contributed by atoms with Gasteiger partial charge in [-0.2, -0.15) is 0 Å². The predicted molar refractivity (Wildman–Crippen MR) is 68.4 cm³/mol. The SMILES string of the molecule is CC[C@H](Nc1ccccc1OC)c1ccco1. The Kier molecular flexibility index (Phi) is 3.70. The first-order chi connectivity index (χ1) is 8.35. The first-order valence-corrected chi connectivity index (χ1v) is 5.78. The van der Waals surface area contributed by atoms with Gasteiger partial charge in [0.15, 0.2) is 0 Å². The molecular formula is C14H17NO2. The summed E-state index contributed by atoms with van der Waals surface area (Å²) in [5.41, 5.74) is 0.984. The van der Waals surface area contributed by atoms with Gasteiger partial charge in [0.2, 0.25) is 0 Å². The normalized spacial score (nSPS) is 12.1. The highest BCUT2D eigenvalue weighted by molar-refractivity contribution is 5.57. The smallest absolute Gasteiger partial charge is 0.141 e. The quantitative estimate of drug-likeness (QED) is 0.848. The van der Waals surface area contributed by atoms with Crippen molar-refractivity contribution in [1.82, 2.24) is 0 Å². The summed E-state index contributed by atoms with van der Waals surface area (Å²) in [6.45, 7) is 2.12. The minimum atomic E-state index is 0.168. The summed E-state index contributed by atoms with van der Waals surface area (Å²) >= 11 is 0. The second kappa shape index (κ2) is 5.43. The molecule has 3 heteroatoms. The number of hydrogen-bond donors (Lipinski definition) is 1. The summed E-state index contributed by atoms with van der Waals surface area (Å²) in [7, 11) is 1.67. The lowest BCUT2D eigenvalue weighted by atomic mass is 10.1. The number of benzene rings is 1. The van der Waals surface area contributed by atoms with Crippen molar-refractivity contribution >= 4 is 5.69 Å². The van der Waals surface area contributed by atoms with Crippen molar-refractivity contribution in [1.29, 1.82) is 0 Å². The molecule has 0 spiro atoms. The topological polar surface area (TPSA) is 34.4 Å². The molecule has 0 amide bonds. The van der Waals surface area contributed by atoms with Gasteiger partial charge in [-0.1, -0.05) is 19.1 Å². The number of furan rings is 1. The van der Waals surface area contributed by atoms with Crippen LogP contribution < -0.4 is 10.1 Å². The molecule has 0 aliphatic carbocycles. The Morgan fingerprint density at radius 2 is 2.06 bits per heavy atom. The van der Waals surface area contributed by atoms with Gasteiger partial charge in [0.25, 0.3) is 0 Å². The molecule has 0 radical (unpaired) electrons. The zero-order valence-electron chi connectivity index (χ0n) is 10.1. The van der Waals surface area contributed by atoms with E-state index >= 15 is 0 Å². The van der Waals surface area contributed by atoms with Crippen LogP contribution in [-0.4, -0.2) is 7.11 Å². The summed E-state index contributed by atoms with van der Waals surface area (Å²) in [5, 5.41) is 3.43. The number of ether oxygens (including phenoxy) is 1. The second-order valence-electron chi connectivity index (χ2n) is 3.82. The van der Waals surface area contributed by atoms with Gasteiger partial charge in [-0.25, -0.2) is 0 Å². The van der Waals surface area contributed by atoms with Crippen LogP contribution >= 0.6 is 0 Å². The van der Waals surface area contributed by atoms with Crippen LogP contribution in [0.4, 0.5) is 5.69 Å². The zero-order valence-corrected chi connectivity index (χ0v) is 10.1. The van der Waals surface area contributed by atoms with E-state index in [0.717, 1.165) is 23.6 Å². The second-order valence-corrected chi connectivity index (χ2v) is 3.82. The number of methoxy groups -OCH3 is 1. The van der Waals surface area contributed by atoms with Crippen LogP contribution in [0.3, 0.4) is 0 Å². The molecule has 0 saturated carbocycles. The summed E-state index contributed by atoms with van der Waals surface area (Å²) in [5.74, 6) is 1.79. The Labute approximate surface area is 101 Å². The van der Waals surface area contributed by atoms with E-state index in [1.165, 1.54) is 0 Å². The van der Waals surface area contributed by atoms with Crippen LogP contribution in [0, 0.1) is 0 Å². The monoisotopic (exact) mass is 231 g/mol. The molecule has 1 N–H and O–H groups in total. The standard InChI is InChI=1S/C14H17NO2/c1-3-11(14-9-6-10-17-14)15-12-7-4-5-8-13(12)16-2/h4-11,15H,3H2,1-2H3/t11-/m0/s1. The van der Waals surface area contributed by atoms with Gasteiger partial charge < -0.3 is 14.5 Å². The van der Waals surface area contributed by atoms with Crippen LogP contribution in [-0.2, 0) is 0 Å². The molecule has 17 heavy (non-hydrogen) atoms. The molecule has 90 valence electrons. The van der Waals surface area contributed by atoms with E-state index in [0.29, 0.717) is 0 Å².